The van der Waals surface area contributed by atoms with Crippen LogP contribution in [0.3, 0.4) is 0 Å². The van der Waals surface area contributed by atoms with Gasteiger partial charge in [0.2, 0.25) is 5.88 Å². The Balaban J connectivity index is 2.20. The Hall–Kier alpha value is -1.95. The standard InChI is InChI=1S/C15H20N4O2/c1-10-9-12-13(15(16-10)20-3)14(18-11(2)17-12)19-5-4-7-21-8-6-19/h9H,4-8H2,1-3H3. The summed E-state index contributed by atoms with van der Waals surface area (Å²) >= 11 is 0. The first kappa shape index (κ1) is 14.0. The number of fused-ring (bicyclic) bond motifs is 1. The highest BCUT2D eigenvalue weighted by Gasteiger charge is 2.19. The van der Waals surface area contributed by atoms with E-state index in [4.69, 9.17) is 9.47 Å². The summed E-state index contributed by atoms with van der Waals surface area (Å²) in [6, 6.07) is 1.98. The minimum Gasteiger partial charge on any atom is -0.480 e. The van der Waals surface area contributed by atoms with Crippen molar-refractivity contribution in [3.05, 3.63) is 17.6 Å². The quantitative estimate of drug-likeness (QED) is 0.841. The number of aromatic nitrogens is 3. The number of pyridine rings is 1. The molecule has 6 nitrogen and oxygen atoms in total. The van der Waals surface area contributed by atoms with E-state index in [1.54, 1.807) is 7.11 Å². The van der Waals surface area contributed by atoms with E-state index in [0.717, 1.165) is 54.4 Å². The average Bonchev–Trinajstić information content (AvgIpc) is 2.74. The van der Waals surface area contributed by atoms with Crippen LogP contribution in [0.25, 0.3) is 10.9 Å². The fourth-order valence-electron chi connectivity index (χ4n) is 2.67. The number of rotatable bonds is 2. The van der Waals surface area contributed by atoms with Crippen LogP contribution in [-0.2, 0) is 4.74 Å². The van der Waals surface area contributed by atoms with Crippen molar-refractivity contribution < 1.29 is 9.47 Å². The normalized spacial score (nSPS) is 16.0. The molecule has 0 unspecified atom stereocenters. The Morgan fingerprint density at radius 3 is 2.81 bits per heavy atom. The van der Waals surface area contributed by atoms with Gasteiger partial charge in [0.05, 0.1) is 19.2 Å². The summed E-state index contributed by atoms with van der Waals surface area (Å²) in [5.41, 5.74) is 1.77. The molecule has 6 heteroatoms. The summed E-state index contributed by atoms with van der Waals surface area (Å²) < 4.78 is 11.0. The summed E-state index contributed by atoms with van der Waals surface area (Å²) in [7, 11) is 1.64. The molecule has 3 heterocycles. The van der Waals surface area contributed by atoms with E-state index in [9.17, 15) is 0 Å². The molecular formula is C15H20N4O2. The molecule has 0 aliphatic carbocycles. The summed E-state index contributed by atoms with van der Waals surface area (Å²) in [5, 5.41) is 0.885. The molecule has 3 rings (SSSR count). The predicted molar refractivity (Wildman–Crippen MR) is 81.0 cm³/mol. The maximum absolute atomic E-state index is 5.53. The van der Waals surface area contributed by atoms with Gasteiger partial charge in [-0.1, -0.05) is 0 Å². The van der Waals surface area contributed by atoms with Gasteiger partial charge in [0.1, 0.15) is 17.0 Å². The summed E-state index contributed by atoms with van der Waals surface area (Å²) in [4.78, 5) is 15.9. The van der Waals surface area contributed by atoms with Gasteiger partial charge < -0.3 is 14.4 Å². The van der Waals surface area contributed by atoms with Crippen LogP contribution < -0.4 is 9.64 Å². The fraction of sp³-hybridized carbons (Fsp3) is 0.533. The number of methoxy groups -OCH3 is 1. The molecule has 1 aliphatic heterocycles. The molecule has 0 spiro atoms. The number of aryl methyl sites for hydroxylation is 2. The van der Waals surface area contributed by atoms with Crippen LogP contribution in [0.5, 0.6) is 5.88 Å². The second-order valence-electron chi connectivity index (χ2n) is 5.21. The molecule has 0 radical (unpaired) electrons. The Kier molecular flexibility index (Phi) is 3.88. The van der Waals surface area contributed by atoms with Crippen LogP contribution in [0.2, 0.25) is 0 Å². The fourth-order valence-corrected chi connectivity index (χ4v) is 2.67. The smallest absolute Gasteiger partial charge is 0.226 e. The van der Waals surface area contributed by atoms with Crippen LogP contribution in [0.4, 0.5) is 5.82 Å². The topological polar surface area (TPSA) is 60.4 Å². The molecule has 1 saturated heterocycles. The highest BCUT2D eigenvalue weighted by molar-refractivity contribution is 5.94. The van der Waals surface area contributed by atoms with Gasteiger partial charge in [0.15, 0.2) is 0 Å². The Labute approximate surface area is 124 Å². The van der Waals surface area contributed by atoms with E-state index < -0.39 is 0 Å². The number of ether oxygens (including phenoxy) is 2. The Bertz CT molecular complexity index is 646. The van der Waals surface area contributed by atoms with Crippen molar-refractivity contribution in [2.75, 3.05) is 38.3 Å². The van der Waals surface area contributed by atoms with Gasteiger partial charge in [-0.15, -0.1) is 0 Å². The van der Waals surface area contributed by atoms with Crippen molar-refractivity contribution in [2.24, 2.45) is 0 Å². The maximum atomic E-state index is 5.53. The zero-order valence-electron chi connectivity index (χ0n) is 12.7. The first-order chi connectivity index (χ1) is 10.2. The second kappa shape index (κ2) is 5.81. The minimum atomic E-state index is 0.588. The van der Waals surface area contributed by atoms with Crippen LogP contribution in [0.1, 0.15) is 17.9 Å². The molecular weight excluding hydrogens is 268 g/mol. The largest absolute Gasteiger partial charge is 0.480 e. The third kappa shape index (κ3) is 2.76. The Morgan fingerprint density at radius 2 is 2.00 bits per heavy atom. The van der Waals surface area contributed by atoms with E-state index in [-0.39, 0.29) is 0 Å². The van der Waals surface area contributed by atoms with E-state index >= 15 is 0 Å². The van der Waals surface area contributed by atoms with Crippen molar-refractivity contribution in [1.82, 2.24) is 15.0 Å². The third-order valence-corrected chi connectivity index (χ3v) is 3.58. The van der Waals surface area contributed by atoms with Crippen molar-refractivity contribution >= 4 is 16.7 Å². The SMILES string of the molecule is COc1nc(C)cc2nc(C)nc(N3CCCOCC3)c12. The Morgan fingerprint density at radius 1 is 1.14 bits per heavy atom. The molecule has 21 heavy (non-hydrogen) atoms. The lowest BCUT2D eigenvalue weighted by atomic mass is 10.2. The first-order valence-corrected chi connectivity index (χ1v) is 7.21. The van der Waals surface area contributed by atoms with Crippen LogP contribution in [0.15, 0.2) is 6.07 Å². The van der Waals surface area contributed by atoms with E-state index in [1.807, 2.05) is 19.9 Å². The molecule has 0 saturated carbocycles. The van der Waals surface area contributed by atoms with Gasteiger partial charge in [-0.3, -0.25) is 0 Å². The second-order valence-corrected chi connectivity index (χ2v) is 5.21. The van der Waals surface area contributed by atoms with Crippen molar-refractivity contribution in [3.8, 4) is 5.88 Å². The highest BCUT2D eigenvalue weighted by atomic mass is 16.5. The maximum Gasteiger partial charge on any atom is 0.226 e. The van der Waals surface area contributed by atoms with Crippen molar-refractivity contribution in [1.29, 1.82) is 0 Å². The van der Waals surface area contributed by atoms with Gasteiger partial charge >= 0.3 is 0 Å². The van der Waals surface area contributed by atoms with Gasteiger partial charge in [0.25, 0.3) is 0 Å². The number of anilines is 1. The molecule has 112 valence electrons. The van der Waals surface area contributed by atoms with E-state index in [2.05, 4.69) is 19.9 Å². The molecule has 2 aromatic heterocycles. The van der Waals surface area contributed by atoms with Crippen LogP contribution in [-0.4, -0.2) is 48.4 Å². The van der Waals surface area contributed by atoms with Gasteiger partial charge in [-0.05, 0) is 26.3 Å². The minimum absolute atomic E-state index is 0.588. The van der Waals surface area contributed by atoms with Gasteiger partial charge in [0, 0.05) is 25.4 Å². The van der Waals surface area contributed by atoms with Gasteiger partial charge in [-0.25, -0.2) is 15.0 Å². The number of nitrogens with zero attached hydrogens (tertiary/aromatic N) is 4. The lowest BCUT2D eigenvalue weighted by Crippen LogP contribution is -2.27. The zero-order chi connectivity index (χ0) is 14.8. The van der Waals surface area contributed by atoms with E-state index in [0.29, 0.717) is 12.5 Å². The molecule has 1 aliphatic rings. The van der Waals surface area contributed by atoms with Gasteiger partial charge in [-0.2, -0.15) is 0 Å². The summed E-state index contributed by atoms with van der Waals surface area (Å²) in [6.07, 6.45) is 0.992. The molecule has 0 N–H and O–H groups in total. The average molecular weight is 288 g/mol. The monoisotopic (exact) mass is 288 g/mol. The molecule has 0 atom stereocenters. The van der Waals surface area contributed by atoms with E-state index in [1.165, 1.54) is 0 Å². The van der Waals surface area contributed by atoms with Crippen molar-refractivity contribution in [3.63, 3.8) is 0 Å². The predicted octanol–water partition coefficient (Wildman–Crippen LogP) is 1.88. The molecule has 0 amide bonds. The molecule has 0 bridgehead atoms. The summed E-state index contributed by atoms with van der Waals surface area (Å²) in [6.45, 7) is 7.11. The lowest BCUT2D eigenvalue weighted by Gasteiger charge is -2.23. The molecule has 2 aromatic rings. The number of hydrogen-bond donors (Lipinski definition) is 0. The van der Waals surface area contributed by atoms with Crippen LogP contribution >= 0.6 is 0 Å². The highest BCUT2D eigenvalue weighted by Crippen LogP contribution is 2.31. The molecule has 0 aromatic carbocycles. The molecule has 1 fully saturated rings. The summed E-state index contributed by atoms with van der Waals surface area (Å²) in [5.74, 6) is 2.24. The van der Waals surface area contributed by atoms with Crippen LogP contribution in [0, 0.1) is 13.8 Å². The first-order valence-electron chi connectivity index (χ1n) is 7.21. The number of hydrogen-bond acceptors (Lipinski definition) is 6. The zero-order valence-corrected chi connectivity index (χ0v) is 12.7. The van der Waals surface area contributed by atoms with Crippen molar-refractivity contribution in [2.45, 2.75) is 20.3 Å². The third-order valence-electron chi connectivity index (χ3n) is 3.58. The lowest BCUT2D eigenvalue weighted by molar-refractivity contribution is 0.152.